The molecule has 0 aliphatic heterocycles. The maximum absolute atomic E-state index is 11.9. The third kappa shape index (κ3) is 2.99. The third-order valence-electron chi connectivity index (χ3n) is 2.71. The van der Waals surface area contributed by atoms with Crippen LogP contribution in [-0.4, -0.2) is 11.8 Å². The van der Waals surface area contributed by atoms with E-state index < -0.39 is 5.41 Å². The van der Waals surface area contributed by atoms with E-state index in [2.05, 4.69) is 5.32 Å². The van der Waals surface area contributed by atoms with Crippen molar-refractivity contribution >= 4 is 23.2 Å². The maximum Gasteiger partial charge on any atom is 0.231 e. The Kier molecular flexibility index (Phi) is 3.98. The van der Waals surface area contributed by atoms with Gasteiger partial charge in [-0.05, 0) is 51.0 Å². The van der Waals surface area contributed by atoms with Crippen molar-refractivity contribution in [3.05, 3.63) is 29.3 Å². The number of aryl methyl sites for hydroxylation is 2. The molecule has 0 aromatic heterocycles. The summed E-state index contributed by atoms with van der Waals surface area (Å²) in [5.74, 6) is 0.259. The van der Waals surface area contributed by atoms with Crippen LogP contribution in [0.4, 0.5) is 5.69 Å². The molecular weight excluding hydrogens is 222 g/mol. The second-order valence-corrected chi connectivity index (χ2v) is 5.04. The zero-order valence-corrected chi connectivity index (χ0v) is 11.0. The molecule has 0 saturated carbocycles. The number of carbonyl (C=O) groups excluding carboxylic acids is 1. The van der Waals surface area contributed by atoms with E-state index in [1.807, 2.05) is 45.9 Å². The summed E-state index contributed by atoms with van der Waals surface area (Å²) < 4.78 is 0. The first-order valence-corrected chi connectivity index (χ1v) is 5.85. The van der Waals surface area contributed by atoms with E-state index in [0.29, 0.717) is 5.88 Å². The largest absolute Gasteiger partial charge is 0.326 e. The fourth-order valence-corrected chi connectivity index (χ4v) is 1.30. The molecule has 0 atom stereocenters. The molecule has 0 radical (unpaired) electrons. The number of anilines is 1. The van der Waals surface area contributed by atoms with E-state index in [4.69, 9.17) is 11.6 Å². The minimum Gasteiger partial charge on any atom is -0.326 e. The molecule has 0 spiro atoms. The fraction of sp³-hybridized carbons (Fsp3) is 0.462. The van der Waals surface area contributed by atoms with Crippen LogP contribution in [0.2, 0.25) is 0 Å². The first-order chi connectivity index (χ1) is 7.36. The topological polar surface area (TPSA) is 29.1 Å². The number of alkyl halides is 1. The summed E-state index contributed by atoms with van der Waals surface area (Å²) in [6.07, 6.45) is 0. The highest BCUT2D eigenvalue weighted by Gasteiger charge is 2.26. The average Bonchev–Trinajstić information content (AvgIpc) is 2.23. The Morgan fingerprint density at radius 3 is 2.44 bits per heavy atom. The summed E-state index contributed by atoms with van der Waals surface area (Å²) in [6.45, 7) is 7.73. The van der Waals surface area contributed by atoms with Gasteiger partial charge in [-0.1, -0.05) is 6.07 Å². The van der Waals surface area contributed by atoms with Gasteiger partial charge < -0.3 is 5.32 Å². The molecule has 0 aliphatic carbocycles. The molecule has 1 amide bonds. The van der Waals surface area contributed by atoms with Gasteiger partial charge >= 0.3 is 0 Å². The van der Waals surface area contributed by atoms with Crippen molar-refractivity contribution in [3.8, 4) is 0 Å². The molecule has 1 rings (SSSR count). The van der Waals surface area contributed by atoms with Gasteiger partial charge in [0.05, 0.1) is 5.41 Å². The van der Waals surface area contributed by atoms with Crippen molar-refractivity contribution in [3.63, 3.8) is 0 Å². The zero-order chi connectivity index (χ0) is 12.3. The van der Waals surface area contributed by atoms with Gasteiger partial charge in [0, 0.05) is 11.6 Å². The first-order valence-electron chi connectivity index (χ1n) is 5.31. The summed E-state index contributed by atoms with van der Waals surface area (Å²) in [6, 6.07) is 5.88. The van der Waals surface area contributed by atoms with Crippen molar-refractivity contribution in [2.75, 3.05) is 11.2 Å². The number of nitrogens with one attached hydrogen (secondary N) is 1. The zero-order valence-electron chi connectivity index (χ0n) is 10.2. The van der Waals surface area contributed by atoms with Crippen LogP contribution in [-0.2, 0) is 4.79 Å². The maximum atomic E-state index is 11.9. The van der Waals surface area contributed by atoms with Crippen LogP contribution < -0.4 is 5.32 Å². The number of amides is 1. The highest BCUT2D eigenvalue weighted by Crippen LogP contribution is 2.21. The molecule has 2 nitrogen and oxygen atoms in total. The summed E-state index contributed by atoms with van der Waals surface area (Å²) in [4.78, 5) is 11.9. The van der Waals surface area contributed by atoms with Gasteiger partial charge in [0.2, 0.25) is 5.91 Å². The second-order valence-electron chi connectivity index (χ2n) is 4.77. The lowest BCUT2D eigenvalue weighted by molar-refractivity contribution is -0.122. The van der Waals surface area contributed by atoms with Crippen LogP contribution in [0.25, 0.3) is 0 Å². The predicted octanol–water partition coefficient (Wildman–Crippen LogP) is 3.51. The average molecular weight is 240 g/mol. The number of carbonyl (C=O) groups is 1. The first kappa shape index (κ1) is 13.0. The Balaban J connectivity index is 2.82. The van der Waals surface area contributed by atoms with Gasteiger partial charge in [0.1, 0.15) is 0 Å². The highest BCUT2D eigenvalue weighted by molar-refractivity contribution is 6.20. The van der Waals surface area contributed by atoms with E-state index in [0.717, 1.165) is 5.69 Å². The number of hydrogen-bond donors (Lipinski definition) is 1. The van der Waals surface area contributed by atoms with Crippen molar-refractivity contribution in [2.24, 2.45) is 5.41 Å². The molecule has 3 heteroatoms. The quantitative estimate of drug-likeness (QED) is 0.804. The summed E-state index contributed by atoms with van der Waals surface area (Å²) >= 11 is 5.75. The van der Waals surface area contributed by atoms with Gasteiger partial charge in [-0.3, -0.25) is 4.79 Å². The molecule has 1 aromatic rings. The lowest BCUT2D eigenvalue weighted by Crippen LogP contribution is -2.32. The molecular formula is C13H18ClNO. The Labute approximate surface area is 102 Å². The number of halogens is 1. The standard InChI is InChI=1S/C13H18ClNO/c1-9-5-6-11(7-10(9)2)15-12(16)13(3,4)8-14/h5-7H,8H2,1-4H3,(H,15,16). The Bertz CT molecular complexity index is 399. The fourth-order valence-electron chi connectivity index (χ4n) is 1.18. The minimum absolute atomic E-state index is 0.0502. The third-order valence-corrected chi connectivity index (χ3v) is 3.38. The number of hydrogen-bond acceptors (Lipinski definition) is 1. The van der Waals surface area contributed by atoms with Gasteiger partial charge in [-0.2, -0.15) is 0 Å². The lowest BCUT2D eigenvalue weighted by Gasteiger charge is -2.20. The van der Waals surface area contributed by atoms with Crippen molar-refractivity contribution in [1.82, 2.24) is 0 Å². The lowest BCUT2D eigenvalue weighted by atomic mass is 9.95. The molecule has 16 heavy (non-hydrogen) atoms. The molecule has 0 bridgehead atoms. The van der Waals surface area contributed by atoms with Crippen molar-refractivity contribution < 1.29 is 4.79 Å². The number of benzene rings is 1. The monoisotopic (exact) mass is 239 g/mol. The van der Waals surface area contributed by atoms with Crippen LogP contribution in [0, 0.1) is 19.3 Å². The van der Waals surface area contributed by atoms with E-state index in [9.17, 15) is 4.79 Å². The SMILES string of the molecule is Cc1ccc(NC(=O)C(C)(C)CCl)cc1C. The van der Waals surface area contributed by atoms with Crippen LogP contribution in [0.15, 0.2) is 18.2 Å². The van der Waals surface area contributed by atoms with E-state index in [-0.39, 0.29) is 5.91 Å². The van der Waals surface area contributed by atoms with Gasteiger partial charge in [-0.15, -0.1) is 11.6 Å². The molecule has 0 saturated heterocycles. The molecule has 1 N–H and O–H groups in total. The van der Waals surface area contributed by atoms with Gasteiger partial charge in [0.25, 0.3) is 0 Å². The molecule has 1 aromatic carbocycles. The summed E-state index contributed by atoms with van der Waals surface area (Å²) in [5, 5.41) is 2.88. The molecule has 0 aliphatic rings. The minimum atomic E-state index is -0.541. The van der Waals surface area contributed by atoms with Crippen LogP contribution in [0.3, 0.4) is 0 Å². The normalized spacial score (nSPS) is 11.3. The van der Waals surface area contributed by atoms with Gasteiger partial charge in [0.15, 0.2) is 0 Å². The van der Waals surface area contributed by atoms with Gasteiger partial charge in [-0.25, -0.2) is 0 Å². The van der Waals surface area contributed by atoms with E-state index in [1.54, 1.807) is 0 Å². The van der Waals surface area contributed by atoms with Crippen molar-refractivity contribution in [2.45, 2.75) is 27.7 Å². The second kappa shape index (κ2) is 4.88. The molecule has 88 valence electrons. The molecule has 0 heterocycles. The Hall–Kier alpha value is -1.02. The highest BCUT2D eigenvalue weighted by atomic mass is 35.5. The van der Waals surface area contributed by atoms with Crippen molar-refractivity contribution in [1.29, 1.82) is 0 Å². The summed E-state index contributed by atoms with van der Waals surface area (Å²) in [7, 11) is 0. The predicted molar refractivity (Wildman–Crippen MR) is 69.0 cm³/mol. The van der Waals surface area contributed by atoms with Crippen LogP contribution >= 0.6 is 11.6 Å². The summed E-state index contributed by atoms with van der Waals surface area (Å²) in [5.41, 5.74) is 2.67. The van der Waals surface area contributed by atoms with Crippen LogP contribution in [0.5, 0.6) is 0 Å². The molecule has 0 unspecified atom stereocenters. The number of rotatable bonds is 3. The molecule has 0 fully saturated rings. The Morgan fingerprint density at radius 2 is 1.94 bits per heavy atom. The van der Waals surface area contributed by atoms with E-state index >= 15 is 0 Å². The smallest absolute Gasteiger partial charge is 0.231 e. The van der Waals surface area contributed by atoms with E-state index in [1.165, 1.54) is 11.1 Å². The Morgan fingerprint density at radius 1 is 1.31 bits per heavy atom. The van der Waals surface area contributed by atoms with Crippen LogP contribution in [0.1, 0.15) is 25.0 Å².